The molecule has 0 radical (unpaired) electrons. The number of aliphatic hydroxyl groups is 1. The summed E-state index contributed by atoms with van der Waals surface area (Å²) in [6.07, 6.45) is 1.37. The smallest absolute Gasteiger partial charge is 0.370 e. The largest absolute Gasteiger partial charge is 0.475 e. The topological polar surface area (TPSA) is 121 Å². The first-order valence-corrected chi connectivity index (χ1v) is 10.2. The van der Waals surface area contributed by atoms with Crippen molar-refractivity contribution >= 4 is 11.9 Å². The number of allylic oxidation sites excluding steroid dienone is 1. The van der Waals surface area contributed by atoms with Gasteiger partial charge in [-0.25, -0.2) is 9.59 Å². The number of benzene rings is 1. The molecule has 1 heterocycles. The molecule has 0 amide bonds. The molecule has 0 bridgehead atoms. The minimum atomic E-state index is -1.17. The zero-order valence-electron chi connectivity index (χ0n) is 17.8. The van der Waals surface area contributed by atoms with Crippen LogP contribution in [0.1, 0.15) is 35.2 Å². The average Bonchev–Trinajstić information content (AvgIpc) is 2.78. The van der Waals surface area contributed by atoms with E-state index < -0.39 is 18.2 Å². The maximum Gasteiger partial charge on any atom is 0.370 e. The van der Waals surface area contributed by atoms with Crippen molar-refractivity contribution < 1.29 is 43.5 Å². The zero-order valence-corrected chi connectivity index (χ0v) is 17.8. The molecule has 0 fully saturated rings. The molecular formula is C22H30O9. The van der Waals surface area contributed by atoms with E-state index in [0.717, 1.165) is 5.56 Å². The summed E-state index contributed by atoms with van der Waals surface area (Å²) in [5.41, 5.74) is 1.24. The Balaban J connectivity index is 2.17. The number of hydrogen-bond acceptors (Lipinski definition) is 8. The molecule has 0 aliphatic carbocycles. The number of methoxy groups -OCH3 is 1. The van der Waals surface area contributed by atoms with Crippen LogP contribution in [0, 0.1) is 5.92 Å². The van der Waals surface area contributed by atoms with Crippen LogP contribution in [-0.2, 0) is 28.5 Å². The van der Waals surface area contributed by atoms with E-state index in [2.05, 4.69) is 0 Å². The number of hydrogen-bond donors (Lipinski definition) is 2. The van der Waals surface area contributed by atoms with Crippen LogP contribution < -0.4 is 0 Å². The van der Waals surface area contributed by atoms with Gasteiger partial charge >= 0.3 is 11.9 Å². The van der Waals surface area contributed by atoms with E-state index >= 15 is 0 Å². The Bertz CT molecular complexity index is 729. The zero-order chi connectivity index (χ0) is 22.6. The highest BCUT2D eigenvalue weighted by molar-refractivity contribution is 5.89. The Morgan fingerprint density at radius 2 is 1.74 bits per heavy atom. The maximum atomic E-state index is 11.7. The van der Waals surface area contributed by atoms with Gasteiger partial charge in [0.15, 0.2) is 0 Å². The van der Waals surface area contributed by atoms with Gasteiger partial charge in [0.25, 0.3) is 0 Å². The number of esters is 1. The third-order valence-corrected chi connectivity index (χ3v) is 4.85. The first kappa shape index (κ1) is 24.8. The number of carboxylic acid groups (broad SMARTS) is 1. The fourth-order valence-electron chi connectivity index (χ4n) is 3.38. The van der Waals surface area contributed by atoms with Crippen LogP contribution in [0.3, 0.4) is 0 Å². The summed E-state index contributed by atoms with van der Waals surface area (Å²) in [5.74, 6) is -2.30. The number of carbonyl (C=O) groups is 2. The van der Waals surface area contributed by atoms with Crippen LogP contribution in [0.5, 0.6) is 0 Å². The first-order chi connectivity index (χ1) is 15.0. The summed E-state index contributed by atoms with van der Waals surface area (Å²) in [6.45, 7) is 3.54. The van der Waals surface area contributed by atoms with Crippen LogP contribution >= 0.6 is 0 Å². The Morgan fingerprint density at radius 1 is 1.06 bits per heavy atom. The average molecular weight is 438 g/mol. The molecule has 0 unspecified atom stereocenters. The van der Waals surface area contributed by atoms with Crippen LogP contribution in [0.2, 0.25) is 0 Å². The lowest BCUT2D eigenvalue weighted by Gasteiger charge is -2.36. The minimum Gasteiger partial charge on any atom is -0.475 e. The van der Waals surface area contributed by atoms with E-state index in [9.17, 15) is 14.7 Å². The molecule has 172 valence electrons. The molecule has 0 saturated heterocycles. The fraction of sp³-hybridized carbons (Fsp3) is 0.545. The summed E-state index contributed by atoms with van der Waals surface area (Å²) in [7, 11) is 1.31. The third kappa shape index (κ3) is 7.32. The van der Waals surface area contributed by atoms with Crippen molar-refractivity contribution in [2.24, 2.45) is 5.92 Å². The van der Waals surface area contributed by atoms with Crippen molar-refractivity contribution in [1.82, 2.24) is 0 Å². The normalized spacial score (nSPS) is 20.6. The summed E-state index contributed by atoms with van der Waals surface area (Å²) in [5, 5.41) is 18.2. The first-order valence-electron chi connectivity index (χ1n) is 10.2. The van der Waals surface area contributed by atoms with E-state index in [1.54, 1.807) is 30.3 Å². The van der Waals surface area contributed by atoms with Crippen molar-refractivity contribution in [1.29, 1.82) is 0 Å². The molecule has 1 aliphatic heterocycles. The van der Waals surface area contributed by atoms with Crippen molar-refractivity contribution in [2.75, 3.05) is 46.8 Å². The quantitative estimate of drug-likeness (QED) is 0.352. The van der Waals surface area contributed by atoms with Crippen molar-refractivity contribution in [3.63, 3.8) is 0 Å². The van der Waals surface area contributed by atoms with Crippen molar-refractivity contribution in [3.8, 4) is 0 Å². The molecule has 2 rings (SSSR count). The van der Waals surface area contributed by atoms with Gasteiger partial charge in [0.2, 0.25) is 12.0 Å². The summed E-state index contributed by atoms with van der Waals surface area (Å²) >= 11 is 0. The fourth-order valence-corrected chi connectivity index (χ4v) is 3.38. The van der Waals surface area contributed by atoms with Crippen molar-refractivity contribution in [3.05, 3.63) is 47.2 Å². The maximum absolute atomic E-state index is 11.7. The highest BCUT2D eigenvalue weighted by Crippen LogP contribution is 2.38. The molecule has 1 aliphatic rings. The Hall–Kier alpha value is -2.46. The molecule has 2 N–H and O–H groups in total. The van der Waals surface area contributed by atoms with Gasteiger partial charge in [-0.3, -0.25) is 0 Å². The number of carboxylic acids is 1. The van der Waals surface area contributed by atoms with Gasteiger partial charge in [0, 0.05) is 25.0 Å². The molecule has 0 spiro atoms. The predicted molar refractivity (Wildman–Crippen MR) is 110 cm³/mol. The van der Waals surface area contributed by atoms with Gasteiger partial charge in [-0.05, 0) is 37.1 Å². The molecule has 31 heavy (non-hydrogen) atoms. The van der Waals surface area contributed by atoms with E-state index in [1.807, 2.05) is 6.92 Å². The van der Waals surface area contributed by atoms with E-state index in [0.29, 0.717) is 38.4 Å². The number of aliphatic hydroxyl groups excluding tert-OH is 1. The number of aliphatic carboxylic acids is 1. The molecule has 9 nitrogen and oxygen atoms in total. The van der Waals surface area contributed by atoms with Crippen LogP contribution in [0.15, 0.2) is 36.1 Å². The molecule has 9 heteroatoms. The van der Waals surface area contributed by atoms with Gasteiger partial charge in [-0.1, -0.05) is 12.1 Å². The lowest BCUT2D eigenvalue weighted by molar-refractivity contribution is -0.174. The standard InChI is InChI=1S/C22H30O9/c1-3-30-22-17(8-10-28-12-13-29-11-9-23)18(14-19(31-22)20(24)25)15-4-6-16(7-5-15)21(26)27-2/h4-7,14,17-18,22-23H,3,8-13H2,1-2H3,(H,24,25)/t17-,18-,22-/m1/s1. The lowest BCUT2D eigenvalue weighted by Crippen LogP contribution is -2.37. The SMILES string of the molecule is CCO[C@@H]1OC(C(=O)O)=C[C@H](c2ccc(C(=O)OC)cc2)[C@H]1CCOCCOCCO. The van der Waals surface area contributed by atoms with Crippen LogP contribution in [0.25, 0.3) is 0 Å². The van der Waals surface area contributed by atoms with E-state index in [1.165, 1.54) is 7.11 Å². The highest BCUT2D eigenvalue weighted by Gasteiger charge is 2.38. The molecule has 1 aromatic carbocycles. The third-order valence-electron chi connectivity index (χ3n) is 4.85. The van der Waals surface area contributed by atoms with Crippen molar-refractivity contribution in [2.45, 2.75) is 25.6 Å². The lowest BCUT2D eigenvalue weighted by atomic mass is 9.81. The number of rotatable bonds is 13. The molecule has 0 aromatic heterocycles. The predicted octanol–water partition coefficient (Wildman–Crippen LogP) is 1.95. The summed E-state index contributed by atoms with van der Waals surface area (Å²) in [4.78, 5) is 23.3. The highest BCUT2D eigenvalue weighted by atomic mass is 16.7. The van der Waals surface area contributed by atoms with Gasteiger partial charge in [0.05, 0.1) is 39.1 Å². The monoisotopic (exact) mass is 438 g/mol. The summed E-state index contributed by atoms with van der Waals surface area (Å²) in [6, 6.07) is 6.84. The minimum absolute atomic E-state index is 0.0376. The Kier molecular flexibility index (Phi) is 10.5. The van der Waals surface area contributed by atoms with Gasteiger partial charge in [0.1, 0.15) is 0 Å². The second kappa shape index (κ2) is 13.1. The number of carbonyl (C=O) groups excluding carboxylic acids is 1. The van der Waals surface area contributed by atoms with Gasteiger partial charge in [-0.2, -0.15) is 0 Å². The van der Waals surface area contributed by atoms with E-state index in [4.69, 9.17) is 28.8 Å². The Morgan fingerprint density at radius 3 is 2.32 bits per heavy atom. The van der Waals surface area contributed by atoms with Gasteiger partial charge in [-0.15, -0.1) is 0 Å². The second-order valence-electron chi connectivity index (χ2n) is 6.82. The second-order valence-corrected chi connectivity index (χ2v) is 6.82. The van der Waals surface area contributed by atoms with Crippen LogP contribution in [-0.4, -0.2) is 75.2 Å². The van der Waals surface area contributed by atoms with Gasteiger partial charge < -0.3 is 33.9 Å². The molecule has 1 aromatic rings. The molecule has 3 atom stereocenters. The summed E-state index contributed by atoms with van der Waals surface area (Å²) < 4.78 is 26.8. The van der Waals surface area contributed by atoms with Crippen LogP contribution in [0.4, 0.5) is 0 Å². The van der Waals surface area contributed by atoms with E-state index in [-0.39, 0.29) is 30.8 Å². The Labute approximate surface area is 181 Å². The number of ether oxygens (including phenoxy) is 5. The molecule has 0 saturated carbocycles. The molecular weight excluding hydrogens is 408 g/mol.